The Hall–Kier alpha value is -2.13. The van der Waals surface area contributed by atoms with Gasteiger partial charge in [-0.25, -0.2) is 10.1 Å². The Balaban J connectivity index is 2.40. The van der Waals surface area contributed by atoms with Crippen molar-refractivity contribution >= 4 is 11.5 Å². The standard InChI is InChI=1S/C14H14N2O/c1-16(17)14(12-8-4-2-5-9-12)15-13-10-6-3-7-11-13/h2-11,17H,1H3. The van der Waals surface area contributed by atoms with E-state index in [1.807, 2.05) is 60.7 Å². The van der Waals surface area contributed by atoms with Crippen molar-refractivity contribution in [3.05, 3.63) is 66.2 Å². The molecule has 1 N–H and O–H groups in total. The minimum Gasteiger partial charge on any atom is -0.287 e. The van der Waals surface area contributed by atoms with E-state index < -0.39 is 0 Å². The van der Waals surface area contributed by atoms with Gasteiger partial charge in [0.15, 0.2) is 5.84 Å². The molecule has 3 nitrogen and oxygen atoms in total. The van der Waals surface area contributed by atoms with Gasteiger partial charge in [-0.3, -0.25) is 5.21 Å². The highest BCUT2D eigenvalue weighted by molar-refractivity contribution is 5.99. The highest BCUT2D eigenvalue weighted by atomic mass is 16.5. The fourth-order valence-corrected chi connectivity index (χ4v) is 1.54. The van der Waals surface area contributed by atoms with Crippen LogP contribution in [0.4, 0.5) is 5.69 Å². The number of amidine groups is 1. The Kier molecular flexibility index (Phi) is 3.52. The van der Waals surface area contributed by atoms with Crippen molar-refractivity contribution in [2.75, 3.05) is 7.05 Å². The number of nitrogens with zero attached hydrogens (tertiary/aromatic N) is 2. The number of aliphatic imine (C=N–C) groups is 1. The normalized spacial score (nSPS) is 11.3. The highest BCUT2D eigenvalue weighted by Gasteiger charge is 2.06. The van der Waals surface area contributed by atoms with Gasteiger partial charge in [0.25, 0.3) is 0 Å². The molecule has 0 saturated carbocycles. The highest BCUT2D eigenvalue weighted by Crippen LogP contribution is 2.13. The second-order valence-corrected chi connectivity index (χ2v) is 3.66. The molecule has 2 aromatic rings. The van der Waals surface area contributed by atoms with Gasteiger partial charge < -0.3 is 0 Å². The molecule has 0 aliphatic rings. The number of hydroxylamine groups is 2. The van der Waals surface area contributed by atoms with E-state index in [2.05, 4.69) is 4.99 Å². The van der Waals surface area contributed by atoms with Gasteiger partial charge in [0.1, 0.15) is 0 Å². The second-order valence-electron chi connectivity index (χ2n) is 3.66. The lowest BCUT2D eigenvalue weighted by molar-refractivity contribution is 0.0144. The summed E-state index contributed by atoms with van der Waals surface area (Å²) in [4.78, 5) is 4.42. The first kappa shape index (κ1) is 11.4. The van der Waals surface area contributed by atoms with Crippen molar-refractivity contribution in [1.29, 1.82) is 0 Å². The summed E-state index contributed by atoms with van der Waals surface area (Å²) in [6, 6.07) is 19.1. The van der Waals surface area contributed by atoms with E-state index in [1.54, 1.807) is 7.05 Å². The average Bonchev–Trinajstić information content (AvgIpc) is 2.38. The van der Waals surface area contributed by atoms with Crippen LogP contribution in [0.3, 0.4) is 0 Å². The summed E-state index contributed by atoms with van der Waals surface area (Å²) in [6.07, 6.45) is 0. The topological polar surface area (TPSA) is 35.8 Å². The quantitative estimate of drug-likeness (QED) is 0.485. The van der Waals surface area contributed by atoms with E-state index in [0.717, 1.165) is 16.3 Å². The minimum atomic E-state index is 0.525. The molecule has 0 fully saturated rings. The van der Waals surface area contributed by atoms with E-state index in [1.165, 1.54) is 0 Å². The summed E-state index contributed by atoms with van der Waals surface area (Å²) in [5, 5.41) is 10.7. The van der Waals surface area contributed by atoms with Crippen molar-refractivity contribution in [2.45, 2.75) is 0 Å². The molecule has 2 aromatic carbocycles. The Labute approximate surface area is 101 Å². The van der Waals surface area contributed by atoms with Gasteiger partial charge in [-0.15, -0.1) is 0 Å². The molecule has 2 rings (SSSR count). The van der Waals surface area contributed by atoms with Gasteiger partial charge in [-0.2, -0.15) is 0 Å². The van der Waals surface area contributed by atoms with Crippen molar-refractivity contribution in [3.8, 4) is 0 Å². The molecule has 0 heterocycles. The SMILES string of the molecule is CN(O)C(=Nc1ccccc1)c1ccccc1. The summed E-state index contributed by atoms with van der Waals surface area (Å²) in [5.74, 6) is 0.525. The molecule has 0 saturated heterocycles. The predicted molar refractivity (Wildman–Crippen MR) is 68.6 cm³/mol. The van der Waals surface area contributed by atoms with Crippen LogP contribution in [0.5, 0.6) is 0 Å². The van der Waals surface area contributed by atoms with Crippen LogP contribution in [0.25, 0.3) is 0 Å². The summed E-state index contributed by atoms with van der Waals surface area (Å²) in [6.45, 7) is 0. The molecule has 0 aromatic heterocycles. The van der Waals surface area contributed by atoms with Gasteiger partial charge >= 0.3 is 0 Å². The Bertz CT molecular complexity index is 492. The predicted octanol–water partition coefficient (Wildman–Crippen LogP) is 3.09. The van der Waals surface area contributed by atoms with Crippen molar-refractivity contribution in [2.24, 2.45) is 4.99 Å². The molecule has 3 heteroatoms. The third-order valence-electron chi connectivity index (χ3n) is 2.33. The zero-order valence-electron chi connectivity index (χ0n) is 9.62. The number of hydrogen-bond donors (Lipinski definition) is 1. The molecule has 0 spiro atoms. The van der Waals surface area contributed by atoms with Crippen LogP contribution < -0.4 is 0 Å². The molecule has 0 radical (unpaired) electrons. The maximum atomic E-state index is 9.63. The summed E-state index contributed by atoms with van der Waals surface area (Å²) in [5.41, 5.74) is 1.69. The molecule has 17 heavy (non-hydrogen) atoms. The lowest BCUT2D eigenvalue weighted by Crippen LogP contribution is -2.23. The molecule has 0 aliphatic heterocycles. The lowest BCUT2D eigenvalue weighted by atomic mass is 10.2. The Morgan fingerprint density at radius 2 is 1.47 bits per heavy atom. The van der Waals surface area contributed by atoms with E-state index in [0.29, 0.717) is 5.84 Å². The van der Waals surface area contributed by atoms with Crippen LogP contribution in [0.15, 0.2) is 65.7 Å². The van der Waals surface area contributed by atoms with Crippen LogP contribution in [0.1, 0.15) is 5.56 Å². The van der Waals surface area contributed by atoms with Crippen LogP contribution in [-0.4, -0.2) is 23.2 Å². The van der Waals surface area contributed by atoms with Gasteiger partial charge in [0.2, 0.25) is 0 Å². The second kappa shape index (κ2) is 5.27. The fourth-order valence-electron chi connectivity index (χ4n) is 1.54. The molecule has 0 amide bonds. The summed E-state index contributed by atoms with van der Waals surface area (Å²) >= 11 is 0. The van der Waals surface area contributed by atoms with Gasteiger partial charge in [-0.1, -0.05) is 48.5 Å². The molecular formula is C14H14N2O. The van der Waals surface area contributed by atoms with E-state index in [4.69, 9.17) is 0 Å². The van der Waals surface area contributed by atoms with Gasteiger partial charge in [0, 0.05) is 12.6 Å². The molecular weight excluding hydrogens is 212 g/mol. The van der Waals surface area contributed by atoms with Crippen LogP contribution in [0, 0.1) is 0 Å². The minimum absolute atomic E-state index is 0.525. The monoisotopic (exact) mass is 226 g/mol. The Morgan fingerprint density at radius 3 is 2.00 bits per heavy atom. The number of para-hydroxylation sites is 1. The van der Waals surface area contributed by atoms with E-state index in [-0.39, 0.29) is 0 Å². The first-order chi connectivity index (χ1) is 8.27. The molecule has 0 atom stereocenters. The summed E-state index contributed by atoms with van der Waals surface area (Å²) < 4.78 is 0. The molecule has 0 unspecified atom stereocenters. The number of hydrogen-bond acceptors (Lipinski definition) is 2. The van der Waals surface area contributed by atoms with Crippen LogP contribution >= 0.6 is 0 Å². The first-order valence-electron chi connectivity index (χ1n) is 5.39. The van der Waals surface area contributed by atoms with Crippen molar-refractivity contribution in [1.82, 2.24) is 5.06 Å². The van der Waals surface area contributed by atoms with Crippen LogP contribution in [0.2, 0.25) is 0 Å². The Morgan fingerprint density at radius 1 is 0.941 bits per heavy atom. The smallest absolute Gasteiger partial charge is 0.159 e. The summed E-state index contributed by atoms with van der Waals surface area (Å²) in [7, 11) is 1.56. The van der Waals surface area contributed by atoms with Crippen molar-refractivity contribution < 1.29 is 5.21 Å². The largest absolute Gasteiger partial charge is 0.287 e. The number of rotatable bonds is 2. The van der Waals surface area contributed by atoms with Crippen LogP contribution in [-0.2, 0) is 0 Å². The maximum absolute atomic E-state index is 9.63. The third kappa shape index (κ3) is 2.92. The van der Waals surface area contributed by atoms with E-state index in [9.17, 15) is 5.21 Å². The molecule has 0 bridgehead atoms. The third-order valence-corrected chi connectivity index (χ3v) is 2.33. The number of benzene rings is 2. The lowest BCUT2D eigenvalue weighted by Gasteiger charge is -2.13. The molecule has 0 aliphatic carbocycles. The van der Waals surface area contributed by atoms with Crippen molar-refractivity contribution in [3.63, 3.8) is 0 Å². The zero-order chi connectivity index (χ0) is 12.1. The van der Waals surface area contributed by atoms with Gasteiger partial charge in [0.05, 0.1) is 5.69 Å². The first-order valence-corrected chi connectivity index (χ1v) is 5.39. The molecule has 86 valence electrons. The van der Waals surface area contributed by atoms with Gasteiger partial charge in [-0.05, 0) is 12.1 Å². The fraction of sp³-hybridized carbons (Fsp3) is 0.0714. The average molecular weight is 226 g/mol. The maximum Gasteiger partial charge on any atom is 0.159 e. The van der Waals surface area contributed by atoms with E-state index >= 15 is 0 Å². The zero-order valence-corrected chi connectivity index (χ0v) is 9.62.